The van der Waals surface area contributed by atoms with Gasteiger partial charge in [0.1, 0.15) is 5.82 Å². The van der Waals surface area contributed by atoms with Gasteiger partial charge in [-0.25, -0.2) is 9.18 Å². The van der Waals surface area contributed by atoms with Gasteiger partial charge in [-0.15, -0.1) is 0 Å². The van der Waals surface area contributed by atoms with E-state index in [1.165, 1.54) is 23.2 Å². The molecular weight excluding hydrogens is 261 g/mol. The summed E-state index contributed by atoms with van der Waals surface area (Å²) in [6.45, 7) is 2.37. The van der Waals surface area contributed by atoms with E-state index in [4.69, 9.17) is 4.74 Å². The number of esters is 1. The lowest BCUT2D eigenvalue weighted by molar-refractivity contribution is -0.139. The molecule has 20 heavy (non-hydrogen) atoms. The second kappa shape index (κ2) is 6.32. The first-order valence-electron chi connectivity index (χ1n) is 6.52. The lowest BCUT2D eigenvalue weighted by Gasteiger charge is -2.24. The Morgan fingerprint density at radius 1 is 1.30 bits per heavy atom. The number of amides is 1. The van der Waals surface area contributed by atoms with Crippen LogP contribution in [0.25, 0.3) is 0 Å². The van der Waals surface area contributed by atoms with E-state index < -0.39 is 0 Å². The number of rotatable bonds is 4. The minimum absolute atomic E-state index is 0.0534. The molecule has 0 atom stereocenters. The summed E-state index contributed by atoms with van der Waals surface area (Å²) in [4.78, 5) is 25.0. The molecule has 4 nitrogen and oxygen atoms in total. The van der Waals surface area contributed by atoms with Crippen molar-refractivity contribution in [3.8, 4) is 0 Å². The SMILES string of the molecule is CCOC(=O)C1=CN(Cc2ccc(F)cc2)C(=O)CC1. The Hall–Kier alpha value is -2.17. The highest BCUT2D eigenvalue weighted by molar-refractivity contribution is 5.92. The van der Waals surface area contributed by atoms with Gasteiger partial charge in [-0.2, -0.15) is 0 Å². The molecule has 0 aliphatic carbocycles. The first-order valence-corrected chi connectivity index (χ1v) is 6.52. The molecule has 0 unspecified atom stereocenters. The quantitative estimate of drug-likeness (QED) is 0.794. The van der Waals surface area contributed by atoms with Gasteiger partial charge in [0.15, 0.2) is 0 Å². The average molecular weight is 277 g/mol. The summed E-state index contributed by atoms with van der Waals surface area (Å²) in [6.07, 6.45) is 2.22. The smallest absolute Gasteiger partial charge is 0.335 e. The number of hydrogen-bond acceptors (Lipinski definition) is 3. The number of ether oxygens (including phenoxy) is 1. The van der Waals surface area contributed by atoms with Crippen LogP contribution in [-0.2, 0) is 20.9 Å². The van der Waals surface area contributed by atoms with Gasteiger partial charge in [0.2, 0.25) is 5.91 Å². The molecular formula is C15H16FNO3. The topological polar surface area (TPSA) is 46.6 Å². The second-order valence-corrected chi connectivity index (χ2v) is 4.52. The molecule has 1 aliphatic rings. The van der Waals surface area contributed by atoms with Crippen molar-refractivity contribution in [2.45, 2.75) is 26.3 Å². The maximum absolute atomic E-state index is 12.8. The molecule has 1 heterocycles. The van der Waals surface area contributed by atoms with Crippen LogP contribution in [0.1, 0.15) is 25.3 Å². The van der Waals surface area contributed by atoms with Crippen LogP contribution in [-0.4, -0.2) is 23.4 Å². The largest absolute Gasteiger partial charge is 0.463 e. The first kappa shape index (κ1) is 14.2. The molecule has 1 amide bonds. The van der Waals surface area contributed by atoms with E-state index in [-0.39, 0.29) is 24.1 Å². The molecule has 0 fully saturated rings. The number of carbonyl (C=O) groups is 2. The van der Waals surface area contributed by atoms with Crippen molar-refractivity contribution in [1.82, 2.24) is 4.90 Å². The molecule has 0 N–H and O–H groups in total. The molecule has 5 heteroatoms. The summed E-state index contributed by atoms with van der Waals surface area (Å²) in [5.74, 6) is -0.757. The van der Waals surface area contributed by atoms with Crippen LogP contribution in [0.4, 0.5) is 4.39 Å². The molecule has 0 radical (unpaired) electrons. The summed E-state index contributed by atoms with van der Waals surface area (Å²) in [7, 11) is 0. The van der Waals surface area contributed by atoms with E-state index in [1.54, 1.807) is 19.1 Å². The molecule has 0 aromatic heterocycles. The molecule has 106 valence electrons. The van der Waals surface area contributed by atoms with Crippen molar-refractivity contribution in [3.63, 3.8) is 0 Å². The Kier molecular flexibility index (Phi) is 4.50. The Morgan fingerprint density at radius 3 is 2.65 bits per heavy atom. The third-order valence-corrected chi connectivity index (χ3v) is 3.04. The molecule has 1 aromatic rings. The van der Waals surface area contributed by atoms with Crippen molar-refractivity contribution >= 4 is 11.9 Å². The minimum Gasteiger partial charge on any atom is -0.463 e. The lowest BCUT2D eigenvalue weighted by atomic mass is 10.1. The summed E-state index contributed by atoms with van der Waals surface area (Å²) >= 11 is 0. The number of benzene rings is 1. The molecule has 0 saturated heterocycles. The van der Waals surface area contributed by atoms with Crippen LogP contribution < -0.4 is 0 Å². The van der Waals surface area contributed by atoms with Gasteiger partial charge in [-0.1, -0.05) is 12.1 Å². The van der Waals surface area contributed by atoms with Crippen molar-refractivity contribution in [3.05, 3.63) is 47.4 Å². The van der Waals surface area contributed by atoms with Crippen LogP contribution in [0.5, 0.6) is 0 Å². The van der Waals surface area contributed by atoms with Crippen molar-refractivity contribution in [2.24, 2.45) is 0 Å². The van der Waals surface area contributed by atoms with Gasteiger partial charge in [-0.05, 0) is 31.0 Å². The van der Waals surface area contributed by atoms with E-state index in [1.807, 2.05) is 0 Å². The molecule has 2 rings (SSSR count). The number of carbonyl (C=O) groups excluding carboxylic acids is 2. The maximum Gasteiger partial charge on any atom is 0.335 e. The van der Waals surface area contributed by atoms with Gasteiger partial charge in [0, 0.05) is 12.6 Å². The zero-order chi connectivity index (χ0) is 14.5. The van der Waals surface area contributed by atoms with Gasteiger partial charge in [0.25, 0.3) is 0 Å². The Labute approximate surface area is 116 Å². The minimum atomic E-state index is -0.385. The van der Waals surface area contributed by atoms with Gasteiger partial charge >= 0.3 is 5.97 Å². The zero-order valence-electron chi connectivity index (χ0n) is 11.3. The summed E-state index contributed by atoms with van der Waals surface area (Å²) in [5.41, 5.74) is 1.30. The second-order valence-electron chi connectivity index (χ2n) is 4.52. The van der Waals surface area contributed by atoms with Crippen molar-refractivity contribution in [1.29, 1.82) is 0 Å². The van der Waals surface area contributed by atoms with Gasteiger partial charge in [-0.3, -0.25) is 4.79 Å². The maximum atomic E-state index is 12.8. The number of hydrogen-bond donors (Lipinski definition) is 0. The van der Waals surface area contributed by atoms with E-state index >= 15 is 0 Å². The fourth-order valence-corrected chi connectivity index (χ4v) is 2.01. The lowest BCUT2D eigenvalue weighted by Crippen LogP contribution is -2.30. The Morgan fingerprint density at radius 2 is 2.00 bits per heavy atom. The Balaban J connectivity index is 2.12. The molecule has 0 spiro atoms. The highest BCUT2D eigenvalue weighted by Gasteiger charge is 2.23. The molecule has 1 aromatic carbocycles. The van der Waals surface area contributed by atoms with E-state index in [9.17, 15) is 14.0 Å². The predicted octanol–water partition coefficient (Wildman–Crippen LogP) is 2.40. The van der Waals surface area contributed by atoms with Crippen LogP contribution in [0.15, 0.2) is 36.0 Å². The summed E-state index contributed by atoms with van der Waals surface area (Å²) in [6, 6.07) is 5.93. The molecule has 0 saturated carbocycles. The Bertz CT molecular complexity index is 537. The average Bonchev–Trinajstić information content (AvgIpc) is 2.44. The monoisotopic (exact) mass is 277 g/mol. The number of halogens is 1. The highest BCUT2D eigenvalue weighted by Crippen LogP contribution is 2.19. The fraction of sp³-hybridized carbons (Fsp3) is 0.333. The van der Waals surface area contributed by atoms with Crippen LogP contribution in [0, 0.1) is 5.82 Å². The van der Waals surface area contributed by atoms with Crippen LogP contribution >= 0.6 is 0 Å². The van der Waals surface area contributed by atoms with E-state index in [0.29, 0.717) is 25.1 Å². The number of nitrogens with zero attached hydrogens (tertiary/aromatic N) is 1. The van der Waals surface area contributed by atoms with Gasteiger partial charge in [0.05, 0.1) is 18.7 Å². The van der Waals surface area contributed by atoms with Crippen LogP contribution in [0.2, 0.25) is 0 Å². The standard InChI is InChI=1S/C15H16FNO3/c1-2-20-15(19)12-5-8-14(18)17(10-12)9-11-3-6-13(16)7-4-11/h3-4,6-7,10H,2,5,8-9H2,1H3. The summed E-state index contributed by atoms with van der Waals surface area (Å²) in [5, 5.41) is 0. The third-order valence-electron chi connectivity index (χ3n) is 3.04. The van der Waals surface area contributed by atoms with Crippen molar-refractivity contribution in [2.75, 3.05) is 6.61 Å². The highest BCUT2D eigenvalue weighted by atomic mass is 19.1. The fourth-order valence-electron chi connectivity index (χ4n) is 2.01. The van der Waals surface area contributed by atoms with E-state index in [2.05, 4.69) is 0 Å². The molecule has 0 bridgehead atoms. The first-order chi connectivity index (χ1) is 9.60. The summed E-state index contributed by atoms with van der Waals surface area (Å²) < 4.78 is 17.8. The normalized spacial score (nSPS) is 15.0. The van der Waals surface area contributed by atoms with Gasteiger partial charge < -0.3 is 9.64 Å². The predicted molar refractivity (Wildman–Crippen MR) is 70.9 cm³/mol. The molecule has 1 aliphatic heterocycles. The van der Waals surface area contributed by atoms with E-state index in [0.717, 1.165) is 5.56 Å². The van der Waals surface area contributed by atoms with Crippen molar-refractivity contribution < 1.29 is 18.7 Å². The third kappa shape index (κ3) is 3.44. The van der Waals surface area contributed by atoms with Crippen LogP contribution in [0.3, 0.4) is 0 Å². The zero-order valence-corrected chi connectivity index (χ0v) is 11.3.